The van der Waals surface area contributed by atoms with Crippen LogP contribution in [0, 0.1) is 5.92 Å². The van der Waals surface area contributed by atoms with Crippen molar-refractivity contribution in [3.05, 3.63) is 0 Å². The Labute approximate surface area is 172 Å². The van der Waals surface area contributed by atoms with Crippen molar-refractivity contribution in [3.63, 3.8) is 0 Å². The van der Waals surface area contributed by atoms with Gasteiger partial charge in [-0.1, -0.05) is 13.8 Å². The number of aliphatic carboxylic acids is 1. The van der Waals surface area contributed by atoms with Crippen molar-refractivity contribution in [2.24, 2.45) is 5.92 Å². The van der Waals surface area contributed by atoms with Gasteiger partial charge in [-0.25, -0.2) is 0 Å². The molecule has 2 heterocycles. The number of hydrogen-bond donors (Lipinski definition) is 9. The first-order valence-electron chi connectivity index (χ1n) is 9.49. The van der Waals surface area contributed by atoms with Gasteiger partial charge in [0.15, 0.2) is 12.6 Å². The van der Waals surface area contributed by atoms with Crippen LogP contribution in [0.4, 0.5) is 0 Å². The van der Waals surface area contributed by atoms with E-state index >= 15 is 0 Å². The van der Waals surface area contributed by atoms with E-state index in [4.69, 9.17) is 24.4 Å². The lowest BCUT2D eigenvalue weighted by atomic mass is 9.97. The Balaban J connectivity index is 0.000000553. The maximum atomic E-state index is 9.94. The maximum Gasteiger partial charge on any atom is 0.306 e. The molecule has 9 N–H and O–H groups in total. The number of ether oxygens (including phenoxy) is 3. The van der Waals surface area contributed by atoms with Crippen LogP contribution < -0.4 is 0 Å². The van der Waals surface area contributed by atoms with Crippen molar-refractivity contribution >= 4 is 5.97 Å². The second-order valence-electron chi connectivity index (χ2n) is 7.17. The molecular weight excluding hydrogens is 412 g/mol. The summed E-state index contributed by atoms with van der Waals surface area (Å²) in [6, 6.07) is 0. The van der Waals surface area contributed by atoms with Crippen LogP contribution in [0.25, 0.3) is 0 Å². The molecule has 13 nitrogen and oxygen atoms in total. The number of aliphatic hydroxyl groups excluding tert-OH is 8. The lowest BCUT2D eigenvalue weighted by Crippen LogP contribution is -2.64. The topological polar surface area (TPSA) is 227 Å². The minimum absolute atomic E-state index is 0.181. The SMILES string of the molecule is CCC(C)C(=O)O.OC[C@H]1O[C@@H](O[C@H]2[C@H](O)[C@@H](O)[C@H](O)O[C@@H]2CO)[C@H](O)[C@@H](O)[C@H]1O. The zero-order chi connectivity index (χ0) is 23.2. The fourth-order valence-corrected chi connectivity index (χ4v) is 2.74. The molecular formula is C17H32O13. The normalized spacial score (nSPS) is 42.7. The first kappa shape index (κ1) is 27.1. The van der Waals surface area contributed by atoms with Crippen LogP contribution in [0.2, 0.25) is 0 Å². The van der Waals surface area contributed by atoms with E-state index in [1.54, 1.807) is 6.92 Å². The van der Waals surface area contributed by atoms with E-state index in [-0.39, 0.29) is 5.92 Å². The smallest absolute Gasteiger partial charge is 0.306 e. The van der Waals surface area contributed by atoms with E-state index in [2.05, 4.69) is 0 Å². The molecule has 178 valence electrons. The van der Waals surface area contributed by atoms with E-state index in [1.807, 2.05) is 6.92 Å². The zero-order valence-corrected chi connectivity index (χ0v) is 16.6. The minimum Gasteiger partial charge on any atom is -0.481 e. The quantitative estimate of drug-likeness (QED) is 0.189. The van der Waals surface area contributed by atoms with Crippen LogP contribution in [0.3, 0.4) is 0 Å². The Morgan fingerprint density at radius 1 is 0.867 bits per heavy atom. The lowest BCUT2D eigenvalue weighted by molar-refractivity contribution is -0.355. The van der Waals surface area contributed by atoms with Crippen molar-refractivity contribution in [2.45, 2.75) is 81.7 Å². The van der Waals surface area contributed by atoms with E-state index in [9.17, 15) is 40.5 Å². The van der Waals surface area contributed by atoms with Gasteiger partial charge in [-0.05, 0) is 6.42 Å². The molecule has 0 aliphatic carbocycles. The van der Waals surface area contributed by atoms with E-state index < -0.39 is 80.6 Å². The molecule has 0 bridgehead atoms. The largest absolute Gasteiger partial charge is 0.481 e. The molecule has 0 aromatic rings. The fraction of sp³-hybridized carbons (Fsp3) is 0.941. The summed E-state index contributed by atoms with van der Waals surface area (Å²) in [7, 11) is 0. The first-order valence-corrected chi connectivity index (χ1v) is 9.49. The number of hydrogen-bond acceptors (Lipinski definition) is 12. The Kier molecular flexibility index (Phi) is 11.0. The lowest BCUT2D eigenvalue weighted by Gasteiger charge is -2.45. The summed E-state index contributed by atoms with van der Waals surface area (Å²) in [6.45, 7) is 2.21. The van der Waals surface area contributed by atoms with Crippen LogP contribution >= 0.6 is 0 Å². The molecule has 13 heteroatoms. The van der Waals surface area contributed by atoms with Crippen molar-refractivity contribution in [1.82, 2.24) is 0 Å². The van der Waals surface area contributed by atoms with E-state index in [1.165, 1.54) is 0 Å². The van der Waals surface area contributed by atoms with Crippen LogP contribution in [0.1, 0.15) is 20.3 Å². The van der Waals surface area contributed by atoms with Crippen LogP contribution in [-0.2, 0) is 19.0 Å². The van der Waals surface area contributed by atoms with Crippen LogP contribution in [0.15, 0.2) is 0 Å². The van der Waals surface area contributed by atoms with E-state index in [0.717, 1.165) is 6.42 Å². The molecule has 2 aliphatic rings. The Hall–Kier alpha value is -0.970. The monoisotopic (exact) mass is 444 g/mol. The third-order valence-electron chi connectivity index (χ3n) is 5.01. The summed E-state index contributed by atoms with van der Waals surface area (Å²) in [5.74, 6) is -0.887. The number of carboxylic acids is 1. The second kappa shape index (κ2) is 12.2. The van der Waals surface area contributed by atoms with Crippen LogP contribution in [0.5, 0.6) is 0 Å². The number of rotatable bonds is 6. The molecule has 0 amide bonds. The van der Waals surface area contributed by atoms with Crippen molar-refractivity contribution in [1.29, 1.82) is 0 Å². The van der Waals surface area contributed by atoms with E-state index in [0.29, 0.717) is 0 Å². The summed E-state index contributed by atoms with van der Waals surface area (Å²) in [5.41, 5.74) is 0. The Morgan fingerprint density at radius 2 is 1.43 bits per heavy atom. The van der Waals surface area contributed by atoms with Crippen LogP contribution in [-0.4, -0.2) is 127 Å². The molecule has 1 unspecified atom stereocenters. The summed E-state index contributed by atoms with van der Waals surface area (Å²) in [4.78, 5) is 9.93. The predicted molar refractivity (Wildman–Crippen MR) is 95.7 cm³/mol. The number of carbonyl (C=O) groups is 1. The summed E-state index contributed by atoms with van der Waals surface area (Å²) in [5, 5.41) is 84.7. The van der Waals surface area contributed by atoms with Gasteiger partial charge in [0.1, 0.15) is 48.8 Å². The average Bonchev–Trinajstić information content (AvgIpc) is 2.73. The van der Waals surface area contributed by atoms with Gasteiger partial charge < -0.3 is 60.2 Å². The highest BCUT2D eigenvalue weighted by Crippen LogP contribution is 2.28. The molecule has 0 aromatic heterocycles. The minimum atomic E-state index is -1.74. The van der Waals surface area contributed by atoms with Gasteiger partial charge >= 0.3 is 5.97 Å². The molecule has 2 aliphatic heterocycles. The number of carboxylic acid groups (broad SMARTS) is 1. The number of aliphatic hydroxyl groups is 8. The zero-order valence-electron chi connectivity index (χ0n) is 16.6. The molecule has 2 rings (SSSR count). The van der Waals surface area contributed by atoms with Gasteiger partial charge in [-0.2, -0.15) is 0 Å². The summed E-state index contributed by atoms with van der Waals surface area (Å²) < 4.78 is 15.3. The molecule has 0 radical (unpaired) electrons. The van der Waals surface area contributed by atoms with Crippen molar-refractivity contribution in [2.75, 3.05) is 13.2 Å². The Bertz CT molecular complexity index is 516. The third-order valence-corrected chi connectivity index (χ3v) is 5.01. The molecule has 2 saturated heterocycles. The first-order chi connectivity index (χ1) is 14.0. The molecule has 0 saturated carbocycles. The van der Waals surface area contributed by atoms with Gasteiger partial charge in [-0.15, -0.1) is 0 Å². The molecule has 2 fully saturated rings. The highest BCUT2D eigenvalue weighted by atomic mass is 16.7. The average molecular weight is 444 g/mol. The van der Waals surface area contributed by atoms with Gasteiger partial charge in [-0.3, -0.25) is 4.79 Å². The summed E-state index contributed by atoms with van der Waals surface area (Å²) >= 11 is 0. The molecule has 30 heavy (non-hydrogen) atoms. The van der Waals surface area contributed by atoms with Crippen molar-refractivity contribution in [3.8, 4) is 0 Å². The Morgan fingerprint density at radius 3 is 1.87 bits per heavy atom. The van der Waals surface area contributed by atoms with Crippen molar-refractivity contribution < 1.29 is 65.0 Å². The standard InChI is InChI=1S/C12H22O11.C5H10O2/c13-1-3-5(15)6(16)9(19)12(22-3)23-10-4(2-14)21-11(20)8(18)7(10)17;1-3-4(2)5(6)7/h3-20H,1-2H2;4H,3H2,1-2H3,(H,6,7)/t3-,4-,5+,6+,7-,8-,9-,10-,11-,12+;/m1./s1. The van der Waals surface area contributed by atoms with Gasteiger partial charge in [0, 0.05) is 0 Å². The molecule has 0 aromatic carbocycles. The highest BCUT2D eigenvalue weighted by molar-refractivity contribution is 5.69. The second-order valence-corrected chi connectivity index (χ2v) is 7.17. The molecule has 0 spiro atoms. The van der Waals surface area contributed by atoms with Gasteiger partial charge in [0.25, 0.3) is 0 Å². The maximum absolute atomic E-state index is 9.94. The molecule has 11 atom stereocenters. The predicted octanol–water partition coefficient (Wildman–Crippen LogP) is -4.28. The van der Waals surface area contributed by atoms with Gasteiger partial charge in [0.2, 0.25) is 0 Å². The summed E-state index contributed by atoms with van der Waals surface area (Å²) in [6.07, 6.45) is -14.9. The van der Waals surface area contributed by atoms with Gasteiger partial charge in [0.05, 0.1) is 19.1 Å². The fourth-order valence-electron chi connectivity index (χ4n) is 2.74. The third kappa shape index (κ3) is 6.51. The highest BCUT2D eigenvalue weighted by Gasteiger charge is 2.50.